The summed E-state index contributed by atoms with van der Waals surface area (Å²) >= 11 is 5.84. The first kappa shape index (κ1) is 17.1. The van der Waals surface area contributed by atoms with Gasteiger partial charge in [-0.15, -0.1) is 0 Å². The number of Topliss-reactive ketones (excluding diaryl/α,β-unsaturated/α-hetero) is 2. The molecule has 0 aliphatic heterocycles. The van der Waals surface area contributed by atoms with Gasteiger partial charge in [-0.25, -0.2) is 0 Å². The third-order valence-corrected chi connectivity index (χ3v) is 4.78. The molecule has 0 saturated heterocycles. The van der Waals surface area contributed by atoms with Crippen LogP contribution >= 0.6 is 11.6 Å². The van der Waals surface area contributed by atoms with Gasteiger partial charge in [0, 0.05) is 5.02 Å². The van der Waals surface area contributed by atoms with E-state index in [0.29, 0.717) is 16.1 Å². The first-order valence-electron chi connectivity index (χ1n) is 8.18. The standard InChI is InChI=1S/C22H13ClO4/c23-16-9-7-13(8-10-16)17-19(24)21(26)18(22(27)20(17)25)15-6-5-12-3-1-2-4-14(12)11-15/h1-11,24,27H. The lowest BCUT2D eigenvalue weighted by molar-refractivity contribution is -0.116. The summed E-state index contributed by atoms with van der Waals surface area (Å²) in [6.45, 7) is 0. The molecule has 4 rings (SSSR count). The lowest BCUT2D eigenvalue weighted by Crippen LogP contribution is -2.22. The second-order valence-corrected chi connectivity index (χ2v) is 6.61. The number of carbonyl (C=O) groups is 2. The quantitative estimate of drug-likeness (QED) is 0.625. The Labute approximate surface area is 159 Å². The zero-order valence-electron chi connectivity index (χ0n) is 13.9. The molecule has 0 bridgehead atoms. The molecule has 0 heterocycles. The highest BCUT2D eigenvalue weighted by Crippen LogP contribution is 2.35. The number of carbonyl (C=O) groups excluding carboxylic acids is 2. The molecule has 0 fully saturated rings. The second kappa shape index (κ2) is 6.41. The van der Waals surface area contributed by atoms with E-state index in [1.165, 1.54) is 24.3 Å². The molecule has 27 heavy (non-hydrogen) atoms. The molecule has 0 aromatic heterocycles. The fourth-order valence-electron chi connectivity index (χ4n) is 3.18. The van der Waals surface area contributed by atoms with Crippen molar-refractivity contribution < 1.29 is 19.8 Å². The summed E-state index contributed by atoms with van der Waals surface area (Å²) in [5.74, 6) is -2.98. The van der Waals surface area contributed by atoms with Gasteiger partial charge in [0.15, 0.2) is 11.5 Å². The van der Waals surface area contributed by atoms with Gasteiger partial charge in [-0.3, -0.25) is 9.59 Å². The highest BCUT2D eigenvalue weighted by atomic mass is 35.5. The summed E-state index contributed by atoms with van der Waals surface area (Å²) in [6, 6.07) is 18.7. The molecular formula is C22H13ClO4. The van der Waals surface area contributed by atoms with Crippen molar-refractivity contribution in [3.63, 3.8) is 0 Å². The van der Waals surface area contributed by atoms with Crippen molar-refractivity contribution in [2.45, 2.75) is 0 Å². The number of aliphatic hydroxyl groups is 2. The second-order valence-electron chi connectivity index (χ2n) is 6.17. The number of rotatable bonds is 2. The molecule has 0 saturated carbocycles. The van der Waals surface area contributed by atoms with Crippen LogP contribution in [0, 0.1) is 0 Å². The van der Waals surface area contributed by atoms with Crippen LogP contribution < -0.4 is 0 Å². The molecular weight excluding hydrogens is 364 g/mol. The van der Waals surface area contributed by atoms with Gasteiger partial charge in [-0.1, -0.05) is 60.1 Å². The van der Waals surface area contributed by atoms with E-state index >= 15 is 0 Å². The molecule has 4 nitrogen and oxygen atoms in total. The van der Waals surface area contributed by atoms with E-state index in [0.717, 1.165) is 10.8 Å². The van der Waals surface area contributed by atoms with Crippen LogP contribution in [-0.4, -0.2) is 21.8 Å². The molecule has 1 aliphatic carbocycles. The smallest absolute Gasteiger partial charge is 0.232 e. The predicted molar refractivity (Wildman–Crippen MR) is 105 cm³/mol. The van der Waals surface area contributed by atoms with Crippen LogP contribution in [0.5, 0.6) is 0 Å². The largest absolute Gasteiger partial charge is 0.504 e. The Kier molecular flexibility index (Phi) is 4.05. The molecule has 0 spiro atoms. The summed E-state index contributed by atoms with van der Waals surface area (Å²) in [4.78, 5) is 25.5. The van der Waals surface area contributed by atoms with E-state index in [-0.39, 0.29) is 11.1 Å². The van der Waals surface area contributed by atoms with E-state index < -0.39 is 23.1 Å². The van der Waals surface area contributed by atoms with Gasteiger partial charge in [0.1, 0.15) is 0 Å². The molecule has 0 unspecified atom stereocenters. The van der Waals surface area contributed by atoms with Crippen LogP contribution in [0.2, 0.25) is 5.02 Å². The number of hydrogen-bond donors (Lipinski definition) is 2. The van der Waals surface area contributed by atoms with Crippen molar-refractivity contribution in [3.8, 4) is 0 Å². The minimum atomic E-state index is -0.808. The van der Waals surface area contributed by atoms with Gasteiger partial charge in [-0.2, -0.15) is 0 Å². The summed E-state index contributed by atoms with van der Waals surface area (Å²) in [5, 5.41) is 23.2. The van der Waals surface area contributed by atoms with Crippen molar-refractivity contribution in [1.29, 1.82) is 0 Å². The zero-order chi connectivity index (χ0) is 19.1. The molecule has 2 N–H and O–H groups in total. The number of hydrogen-bond acceptors (Lipinski definition) is 4. The zero-order valence-corrected chi connectivity index (χ0v) is 14.7. The number of halogens is 1. The van der Waals surface area contributed by atoms with E-state index in [9.17, 15) is 19.8 Å². The Balaban J connectivity index is 1.85. The Hall–Kier alpha value is -3.37. The maximum absolute atomic E-state index is 12.8. The highest BCUT2D eigenvalue weighted by molar-refractivity contribution is 6.46. The minimum absolute atomic E-state index is 0.207. The van der Waals surface area contributed by atoms with Crippen molar-refractivity contribution in [1.82, 2.24) is 0 Å². The van der Waals surface area contributed by atoms with Gasteiger partial charge >= 0.3 is 0 Å². The van der Waals surface area contributed by atoms with Crippen LogP contribution in [0.15, 0.2) is 78.2 Å². The number of allylic oxidation sites excluding steroid dienone is 2. The summed E-state index contributed by atoms with van der Waals surface area (Å²) in [7, 11) is 0. The highest BCUT2D eigenvalue weighted by Gasteiger charge is 2.36. The average molecular weight is 377 g/mol. The lowest BCUT2D eigenvalue weighted by atomic mass is 9.86. The maximum Gasteiger partial charge on any atom is 0.232 e. The van der Waals surface area contributed by atoms with Crippen molar-refractivity contribution in [3.05, 3.63) is 94.4 Å². The monoisotopic (exact) mass is 376 g/mol. The predicted octanol–water partition coefficient (Wildman–Crippen LogP) is 4.88. The van der Waals surface area contributed by atoms with Crippen LogP contribution in [0.25, 0.3) is 21.9 Å². The molecule has 5 heteroatoms. The fraction of sp³-hybridized carbons (Fsp3) is 0. The SMILES string of the molecule is O=C1C(O)=C(c2ccc3ccccc3c2)C(=O)C(O)=C1c1ccc(Cl)cc1. The molecule has 0 atom stereocenters. The van der Waals surface area contributed by atoms with Crippen molar-refractivity contribution >= 4 is 45.1 Å². The molecule has 132 valence electrons. The van der Waals surface area contributed by atoms with E-state index in [1.807, 2.05) is 24.3 Å². The Bertz CT molecular complexity index is 1170. The van der Waals surface area contributed by atoms with Gasteiger partial charge < -0.3 is 10.2 Å². The van der Waals surface area contributed by atoms with Gasteiger partial charge in [0.05, 0.1) is 11.1 Å². The number of benzene rings is 3. The topological polar surface area (TPSA) is 74.6 Å². The number of aliphatic hydroxyl groups excluding tert-OH is 2. The summed E-state index contributed by atoms with van der Waals surface area (Å²) in [5.41, 5.74) is 0.227. The fourth-order valence-corrected chi connectivity index (χ4v) is 3.30. The lowest BCUT2D eigenvalue weighted by Gasteiger charge is -2.18. The summed E-state index contributed by atoms with van der Waals surface area (Å²) in [6.07, 6.45) is 0. The molecule has 0 radical (unpaired) electrons. The molecule has 3 aromatic rings. The average Bonchev–Trinajstić information content (AvgIpc) is 2.68. The van der Waals surface area contributed by atoms with Crippen molar-refractivity contribution in [2.75, 3.05) is 0 Å². The summed E-state index contributed by atoms with van der Waals surface area (Å²) < 4.78 is 0. The van der Waals surface area contributed by atoms with Gasteiger partial charge in [0.2, 0.25) is 11.6 Å². The number of ketones is 2. The van der Waals surface area contributed by atoms with Crippen LogP contribution in [-0.2, 0) is 9.59 Å². The van der Waals surface area contributed by atoms with E-state index in [2.05, 4.69) is 0 Å². The number of fused-ring (bicyclic) bond motifs is 1. The Morgan fingerprint density at radius 3 is 1.78 bits per heavy atom. The van der Waals surface area contributed by atoms with Gasteiger partial charge in [-0.05, 0) is 40.1 Å². The first-order valence-corrected chi connectivity index (χ1v) is 8.56. The van der Waals surface area contributed by atoms with Gasteiger partial charge in [0.25, 0.3) is 0 Å². The Morgan fingerprint density at radius 2 is 1.15 bits per heavy atom. The first-order chi connectivity index (χ1) is 13.0. The molecule has 1 aliphatic rings. The molecule has 3 aromatic carbocycles. The van der Waals surface area contributed by atoms with Crippen LogP contribution in [0.1, 0.15) is 11.1 Å². The Morgan fingerprint density at radius 1 is 0.630 bits per heavy atom. The van der Waals surface area contributed by atoms with E-state index in [4.69, 9.17) is 11.6 Å². The normalized spacial score (nSPS) is 15.0. The third kappa shape index (κ3) is 2.80. The molecule has 0 amide bonds. The van der Waals surface area contributed by atoms with Crippen LogP contribution in [0.4, 0.5) is 0 Å². The van der Waals surface area contributed by atoms with Crippen LogP contribution in [0.3, 0.4) is 0 Å². The maximum atomic E-state index is 12.8. The van der Waals surface area contributed by atoms with E-state index in [1.54, 1.807) is 18.2 Å². The minimum Gasteiger partial charge on any atom is -0.504 e. The van der Waals surface area contributed by atoms with Crippen molar-refractivity contribution in [2.24, 2.45) is 0 Å². The third-order valence-electron chi connectivity index (χ3n) is 4.53.